The van der Waals surface area contributed by atoms with Gasteiger partial charge < -0.3 is 4.90 Å². The molecule has 0 bridgehead atoms. The van der Waals surface area contributed by atoms with Crippen LogP contribution in [0.5, 0.6) is 0 Å². The summed E-state index contributed by atoms with van der Waals surface area (Å²) in [7, 11) is 0. The predicted octanol–water partition coefficient (Wildman–Crippen LogP) is 3.98. The first-order chi connectivity index (χ1) is 12.8. The molecule has 0 aliphatic carbocycles. The quantitative estimate of drug-likeness (QED) is 0.493. The topological polar surface area (TPSA) is 46.1 Å². The van der Waals surface area contributed by atoms with Crippen molar-refractivity contribution in [2.24, 2.45) is 0 Å². The van der Waals surface area contributed by atoms with Gasteiger partial charge in [-0.1, -0.05) is 36.4 Å². The lowest BCUT2D eigenvalue weighted by atomic mass is 9.99. The lowest BCUT2D eigenvalue weighted by molar-refractivity contribution is 0.0735. The van der Waals surface area contributed by atoms with E-state index in [9.17, 15) is 4.79 Å². The predicted molar refractivity (Wildman–Crippen MR) is 102 cm³/mol. The van der Waals surface area contributed by atoms with E-state index in [4.69, 9.17) is 0 Å². The van der Waals surface area contributed by atoms with Crippen molar-refractivity contribution in [3.63, 3.8) is 0 Å². The molecule has 0 atom stereocenters. The second-order valence-corrected chi connectivity index (χ2v) is 6.66. The van der Waals surface area contributed by atoms with Gasteiger partial charge in [0, 0.05) is 18.7 Å². The molecule has 126 valence electrons. The van der Waals surface area contributed by atoms with Gasteiger partial charge in [-0.15, -0.1) is 0 Å². The first kappa shape index (κ1) is 15.0. The molecular weight excluding hydrogens is 322 g/mol. The number of hydrogen-bond acceptors (Lipinski definition) is 3. The van der Waals surface area contributed by atoms with E-state index in [1.54, 1.807) is 0 Å². The van der Waals surface area contributed by atoms with E-state index in [0.29, 0.717) is 12.1 Å². The van der Waals surface area contributed by atoms with E-state index in [2.05, 4.69) is 28.2 Å². The Morgan fingerprint density at radius 3 is 2.23 bits per heavy atom. The van der Waals surface area contributed by atoms with E-state index in [-0.39, 0.29) is 5.91 Å². The zero-order valence-corrected chi connectivity index (χ0v) is 14.2. The molecule has 2 heterocycles. The van der Waals surface area contributed by atoms with Gasteiger partial charge in [-0.25, -0.2) is 9.97 Å². The number of carbonyl (C=O) groups excluding carboxylic acids is 1. The first-order valence-corrected chi connectivity index (χ1v) is 8.80. The molecule has 1 aliphatic rings. The third-order valence-electron chi connectivity index (χ3n) is 5.00. The summed E-state index contributed by atoms with van der Waals surface area (Å²) in [5.74, 6) is 0.0522. The normalized spacial score (nSPS) is 13.8. The molecule has 4 nitrogen and oxygen atoms in total. The number of aromatic nitrogens is 2. The maximum atomic E-state index is 13.0. The number of amides is 1. The van der Waals surface area contributed by atoms with E-state index >= 15 is 0 Å². The molecule has 0 fully saturated rings. The van der Waals surface area contributed by atoms with Crippen LogP contribution in [-0.2, 0) is 13.0 Å². The number of fused-ring (bicyclic) bond motifs is 3. The summed E-state index contributed by atoms with van der Waals surface area (Å²) in [5.41, 5.74) is 6.52. The highest BCUT2D eigenvalue weighted by molar-refractivity contribution is 5.98. The van der Waals surface area contributed by atoms with Crippen LogP contribution < -0.4 is 0 Å². The van der Waals surface area contributed by atoms with Crippen molar-refractivity contribution in [3.8, 4) is 0 Å². The number of nitrogens with zero attached hydrogens (tertiary/aromatic N) is 3. The molecule has 0 saturated carbocycles. The molecule has 5 rings (SSSR count). The summed E-state index contributed by atoms with van der Waals surface area (Å²) >= 11 is 0. The van der Waals surface area contributed by atoms with Gasteiger partial charge in [0.05, 0.1) is 22.1 Å². The number of carbonyl (C=O) groups is 1. The Balaban J connectivity index is 1.50. The highest BCUT2D eigenvalue weighted by Gasteiger charge is 2.21. The van der Waals surface area contributed by atoms with Gasteiger partial charge in [-0.3, -0.25) is 4.79 Å². The van der Waals surface area contributed by atoms with Crippen molar-refractivity contribution < 1.29 is 4.79 Å². The minimum Gasteiger partial charge on any atom is -0.334 e. The zero-order chi connectivity index (χ0) is 17.5. The van der Waals surface area contributed by atoms with E-state index < -0.39 is 0 Å². The minimum atomic E-state index is 0.0522. The number of rotatable bonds is 1. The maximum absolute atomic E-state index is 13.0. The molecule has 0 radical (unpaired) electrons. The fourth-order valence-corrected chi connectivity index (χ4v) is 3.60. The monoisotopic (exact) mass is 339 g/mol. The molecule has 4 heteroatoms. The van der Waals surface area contributed by atoms with Crippen molar-refractivity contribution in [2.75, 3.05) is 6.54 Å². The van der Waals surface area contributed by atoms with Gasteiger partial charge in [-0.05, 0) is 47.9 Å². The van der Waals surface area contributed by atoms with Crippen LogP contribution in [0.1, 0.15) is 21.5 Å². The summed E-state index contributed by atoms with van der Waals surface area (Å²) in [6, 6.07) is 21.7. The zero-order valence-electron chi connectivity index (χ0n) is 14.2. The first-order valence-electron chi connectivity index (χ1n) is 8.80. The molecule has 26 heavy (non-hydrogen) atoms. The van der Waals surface area contributed by atoms with Crippen LogP contribution in [0, 0.1) is 0 Å². The Kier molecular flexibility index (Phi) is 3.42. The fourth-order valence-electron chi connectivity index (χ4n) is 3.60. The molecule has 1 aromatic heterocycles. The van der Waals surface area contributed by atoms with Gasteiger partial charge in [-0.2, -0.15) is 0 Å². The fraction of sp³-hybridized carbons (Fsp3) is 0.136. The van der Waals surface area contributed by atoms with Crippen LogP contribution in [0.25, 0.3) is 22.1 Å². The average molecular weight is 339 g/mol. The lowest BCUT2D eigenvalue weighted by Crippen LogP contribution is -2.35. The van der Waals surface area contributed by atoms with Gasteiger partial charge in [0.2, 0.25) is 0 Å². The lowest BCUT2D eigenvalue weighted by Gasteiger charge is -2.29. The van der Waals surface area contributed by atoms with E-state index in [1.165, 1.54) is 11.1 Å². The maximum Gasteiger partial charge on any atom is 0.254 e. The van der Waals surface area contributed by atoms with Crippen molar-refractivity contribution in [2.45, 2.75) is 13.0 Å². The Hall–Kier alpha value is -3.27. The molecular formula is C22H17N3O. The number of para-hydroxylation sites is 2. The van der Waals surface area contributed by atoms with Crippen LogP contribution in [-0.4, -0.2) is 27.3 Å². The molecule has 0 saturated heterocycles. The highest BCUT2D eigenvalue weighted by Crippen LogP contribution is 2.22. The number of benzene rings is 3. The molecule has 1 aliphatic heterocycles. The van der Waals surface area contributed by atoms with Crippen LogP contribution >= 0.6 is 0 Å². The molecule has 0 N–H and O–H groups in total. The van der Waals surface area contributed by atoms with E-state index in [0.717, 1.165) is 35.0 Å². The molecule has 3 aromatic carbocycles. The summed E-state index contributed by atoms with van der Waals surface area (Å²) in [4.78, 5) is 24.2. The SMILES string of the molecule is O=C(c1ccc2nc3ccccc3nc2c1)N1CCc2ccccc2C1. The second kappa shape index (κ2) is 5.92. The highest BCUT2D eigenvalue weighted by atomic mass is 16.2. The van der Waals surface area contributed by atoms with Crippen LogP contribution in [0.3, 0.4) is 0 Å². The van der Waals surface area contributed by atoms with Gasteiger partial charge in [0.15, 0.2) is 0 Å². The summed E-state index contributed by atoms with van der Waals surface area (Å²) in [5, 5.41) is 0. The Morgan fingerprint density at radius 1 is 0.769 bits per heavy atom. The van der Waals surface area contributed by atoms with Gasteiger partial charge >= 0.3 is 0 Å². The minimum absolute atomic E-state index is 0.0522. The Bertz CT molecular complexity index is 1150. The van der Waals surface area contributed by atoms with E-state index in [1.807, 2.05) is 53.4 Å². The van der Waals surface area contributed by atoms with Crippen molar-refractivity contribution >= 4 is 28.0 Å². The molecule has 4 aromatic rings. The summed E-state index contributed by atoms with van der Waals surface area (Å²) < 4.78 is 0. The van der Waals surface area contributed by atoms with Crippen LogP contribution in [0.4, 0.5) is 0 Å². The third-order valence-corrected chi connectivity index (χ3v) is 5.00. The standard InChI is InChI=1S/C22H17N3O/c26-22(25-12-11-15-5-1-2-6-17(15)14-25)16-9-10-20-21(13-16)24-19-8-4-3-7-18(19)23-20/h1-10,13H,11-12,14H2. The second-order valence-electron chi connectivity index (χ2n) is 6.66. The average Bonchev–Trinajstić information content (AvgIpc) is 2.71. The molecule has 1 amide bonds. The summed E-state index contributed by atoms with van der Waals surface area (Å²) in [6.45, 7) is 1.41. The van der Waals surface area contributed by atoms with Crippen molar-refractivity contribution in [1.29, 1.82) is 0 Å². The van der Waals surface area contributed by atoms with Gasteiger partial charge in [0.1, 0.15) is 0 Å². The van der Waals surface area contributed by atoms with Crippen molar-refractivity contribution in [1.82, 2.24) is 14.9 Å². The summed E-state index contributed by atoms with van der Waals surface area (Å²) in [6.07, 6.45) is 0.903. The third kappa shape index (κ3) is 2.51. The van der Waals surface area contributed by atoms with Gasteiger partial charge in [0.25, 0.3) is 5.91 Å². The van der Waals surface area contributed by atoms with Crippen molar-refractivity contribution in [3.05, 3.63) is 83.4 Å². The van der Waals surface area contributed by atoms with Crippen LogP contribution in [0.15, 0.2) is 66.7 Å². The smallest absolute Gasteiger partial charge is 0.254 e. The largest absolute Gasteiger partial charge is 0.334 e. The van der Waals surface area contributed by atoms with Crippen LogP contribution in [0.2, 0.25) is 0 Å². The number of hydrogen-bond donors (Lipinski definition) is 0. The molecule has 0 unspecified atom stereocenters. The Labute approximate surface area is 151 Å². The molecule has 0 spiro atoms. The Morgan fingerprint density at radius 2 is 1.42 bits per heavy atom.